The zero-order valence-electron chi connectivity index (χ0n) is 14.5. The van der Waals surface area contributed by atoms with Gasteiger partial charge < -0.3 is 10.2 Å². The zero-order chi connectivity index (χ0) is 16.9. The van der Waals surface area contributed by atoms with E-state index in [2.05, 4.69) is 22.1 Å². The molecule has 126 valence electrons. The van der Waals surface area contributed by atoms with Gasteiger partial charge >= 0.3 is 0 Å². The third-order valence-corrected chi connectivity index (χ3v) is 4.52. The van der Waals surface area contributed by atoms with E-state index < -0.39 is 0 Å². The number of nitrogens with zero attached hydrogens (tertiary/aromatic N) is 2. The summed E-state index contributed by atoms with van der Waals surface area (Å²) in [5, 5.41) is 2.88. The molecule has 0 spiro atoms. The first-order valence-corrected chi connectivity index (χ1v) is 8.66. The van der Waals surface area contributed by atoms with Crippen LogP contribution in [0.3, 0.4) is 0 Å². The SMILES string of the molecule is Cc1ccc(CC(=O)Nc2ccc(N3CCCC(C)C3)cn2)cc1. The molecule has 1 atom stereocenters. The number of rotatable bonds is 4. The van der Waals surface area contributed by atoms with Crippen molar-refractivity contribution in [3.8, 4) is 0 Å². The number of hydrogen-bond donors (Lipinski definition) is 1. The quantitative estimate of drug-likeness (QED) is 0.930. The molecule has 4 nitrogen and oxygen atoms in total. The van der Waals surface area contributed by atoms with Gasteiger partial charge in [0.1, 0.15) is 5.82 Å². The average Bonchev–Trinajstić information content (AvgIpc) is 2.58. The number of piperidine rings is 1. The van der Waals surface area contributed by atoms with Gasteiger partial charge in [0.25, 0.3) is 0 Å². The van der Waals surface area contributed by atoms with Gasteiger partial charge in [-0.05, 0) is 43.4 Å². The van der Waals surface area contributed by atoms with Crippen molar-refractivity contribution in [3.05, 3.63) is 53.7 Å². The predicted octanol–water partition coefficient (Wildman–Crippen LogP) is 3.81. The molecule has 0 radical (unpaired) electrons. The van der Waals surface area contributed by atoms with Gasteiger partial charge in [-0.25, -0.2) is 4.98 Å². The van der Waals surface area contributed by atoms with Crippen LogP contribution in [0.25, 0.3) is 0 Å². The van der Waals surface area contributed by atoms with Crippen molar-refractivity contribution in [2.45, 2.75) is 33.1 Å². The molecule has 1 unspecified atom stereocenters. The minimum atomic E-state index is -0.0364. The van der Waals surface area contributed by atoms with Crippen LogP contribution >= 0.6 is 0 Å². The highest BCUT2D eigenvalue weighted by molar-refractivity contribution is 5.91. The van der Waals surface area contributed by atoms with Gasteiger partial charge in [0.05, 0.1) is 18.3 Å². The Morgan fingerprint density at radius 1 is 1.25 bits per heavy atom. The molecule has 2 heterocycles. The number of aromatic nitrogens is 1. The summed E-state index contributed by atoms with van der Waals surface area (Å²) >= 11 is 0. The molecule has 1 aliphatic heterocycles. The number of hydrogen-bond acceptors (Lipinski definition) is 3. The molecule has 1 amide bonds. The van der Waals surface area contributed by atoms with Crippen molar-refractivity contribution in [3.63, 3.8) is 0 Å². The molecule has 3 rings (SSSR count). The van der Waals surface area contributed by atoms with E-state index in [1.165, 1.54) is 18.4 Å². The minimum absolute atomic E-state index is 0.0364. The standard InChI is InChI=1S/C20H25N3O/c1-15-5-7-17(8-6-15)12-20(24)22-19-10-9-18(13-21-19)23-11-3-4-16(2)14-23/h5-10,13,16H,3-4,11-12,14H2,1-2H3,(H,21,22,24). The van der Waals surface area contributed by atoms with Crippen LogP contribution in [0.4, 0.5) is 11.5 Å². The Morgan fingerprint density at radius 2 is 2.04 bits per heavy atom. The monoisotopic (exact) mass is 323 g/mol. The van der Waals surface area contributed by atoms with Crippen molar-refractivity contribution in [2.75, 3.05) is 23.3 Å². The third kappa shape index (κ3) is 4.34. The summed E-state index contributed by atoms with van der Waals surface area (Å²) in [6.45, 7) is 6.50. The molecule has 1 fully saturated rings. The van der Waals surface area contributed by atoms with Gasteiger partial charge in [-0.1, -0.05) is 36.8 Å². The Balaban J connectivity index is 1.57. The molecule has 24 heavy (non-hydrogen) atoms. The van der Waals surface area contributed by atoms with Gasteiger partial charge in [0.15, 0.2) is 0 Å². The summed E-state index contributed by atoms with van der Waals surface area (Å²) in [5.74, 6) is 1.30. The largest absolute Gasteiger partial charge is 0.370 e. The maximum Gasteiger partial charge on any atom is 0.229 e. The van der Waals surface area contributed by atoms with Crippen LogP contribution in [0.2, 0.25) is 0 Å². The number of pyridine rings is 1. The lowest BCUT2D eigenvalue weighted by atomic mass is 10.00. The van der Waals surface area contributed by atoms with Gasteiger partial charge in [-0.3, -0.25) is 4.79 Å². The summed E-state index contributed by atoms with van der Waals surface area (Å²) in [6, 6.07) is 12.0. The predicted molar refractivity (Wildman–Crippen MR) is 98.4 cm³/mol. The maximum atomic E-state index is 12.1. The first-order valence-electron chi connectivity index (χ1n) is 8.66. The molecule has 1 aliphatic rings. The Bertz CT molecular complexity index is 679. The molecule has 0 aliphatic carbocycles. The molecule has 1 N–H and O–H groups in total. The fraction of sp³-hybridized carbons (Fsp3) is 0.400. The van der Waals surface area contributed by atoms with E-state index in [9.17, 15) is 4.79 Å². The van der Waals surface area contributed by atoms with Crippen LogP contribution in [0.5, 0.6) is 0 Å². The van der Waals surface area contributed by atoms with E-state index in [0.29, 0.717) is 12.2 Å². The first-order chi connectivity index (χ1) is 11.6. The van der Waals surface area contributed by atoms with E-state index in [1.807, 2.05) is 49.5 Å². The summed E-state index contributed by atoms with van der Waals surface area (Å²) in [4.78, 5) is 18.9. The molecular weight excluding hydrogens is 298 g/mol. The topological polar surface area (TPSA) is 45.2 Å². The molecule has 0 saturated carbocycles. The van der Waals surface area contributed by atoms with Crippen LogP contribution in [0, 0.1) is 12.8 Å². The number of nitrogens with one attached hydrogen (secondary N) is 1. The van der Waals surface area contributed by atoms with E-state index in [4.69, 9.17) is 0 Å². The summed E-state index contributed by atoms with van der Waals surface area (Å²) in [5.41, 5.74) is 3.35. The maximum absolute atomic E-state index is 12.1. The lowest BCUT2D eigenvalue weighted by Gasteiger charge is -2.32. The Labute approximate surface area is 143 Å². The number of anilines is 2. The van der Waals surface area contributed by atoms with Crippen LogP contribution in [0.15, 0.2) is 42.6 Å². The normalized spacial score (nSPS) is 17.6. The number of carbonyl (C=O) groups excluding carboxylic acids is 1. The number of benzene rings is 1. The summed E-state index contributed by atoms with van der Waals surface area (Å²) in [6.07, 6.45) is 4.76. The van der Waals surface area contributed by atoms with Gasteiger partial charge in [0.2, 0.25) is 5.91 Å². The smallest absolute Gasteiger partial charge is 0.229 e. The molecule has 1 saturated heterocycles. The van der Waals surface area contributed by atoms with Crippen molar-refractivity contribution in [1.29, 1.82) is 0 Å². The first kappa shape index (κ1) is 16.5. The highest BCUT2D eigenvalue weighted by Crippen LogP contribution is 2.23. The number of amides is 1. The van der Waals surface area contributed by atoms with Crippen molar-refractivity contribution >= 4 is 17.4 Å². The van der Waals surface area contributed by atoms with Gasteiger partial charge in [0, 0.05) is 13.1 Å². The lowest BCUT2D eigenvalue weighted by molar-refractivity contribution is -0.115. The molecule has 0 bridgehead atoms. The minimum Gasteiger partial charge on any atom is -0.370 e. The van der Waals surface area contributed by atoms with Crippen molar-refractivity contribution in [1.82, 2.24) is 4.98 Å². The molecule has 1 aromatic heterocycles. The number of carbonyl (C=O) groups is 1. The number of aryl methyl sites for hydroxylation is 1. The second-order valence-corrected chi connectivity index (χ2v) is 6.81. The van der Waals surface area contributed by atoms with Gasteiger partial charge in [-0.2, -0.15) is 0 Å². The Morgan fingerprint density at radius 3 is 2.71 bits per heavy atom. The van der Waals surface area contributed by atoms with Crippen LogP contribution in [0.1, 0.15) is 30.9 Å². The molecule has 4 heteroatoms. The van der Waals surface area contributed by atoms with E-state index in [0.717, 1.165) is 30.3 Å². The highest BCUT2D eigenvalue weighted by atomic mass is 16.1. The van der Waals surface area contributed by atoms with E-state index >= 15 is 0 Å². The van der Waals surface area contributed by atoms with E-state index in [-0.39, 0.29) is 5.91 Å². The highest BCUT2D eigenvalue weighted by Gasteiger charge is 2.16. The fourth-order valence-corrected chi connectivity index (χ4v) is 3.15. The Hall–Kier alpha value is -2.36. The summed E-state index contributed by atoms with van der Waals surface area (Å²) in [7, 11) is 0. The van der Waals surface area contributed by atoms with Gasteiger partial charge in [-0.15, -0.1) is 0 Å². The summed E-state index contributed by atoms with van der Waals surface area (Å²) < 4.78 is 0. The van der Waals surface area contributed by atoms with Crippen LogP contribution in [-0.4, -0.2) is 24.0 Å². The molecule has 2 aromatic rings. The Kier molecular flexibility index (Phi) is 5.14. The lowest BCUT2D eigenvalue weighted by Crippen LogP contribution is -2.34. The van der Waals surface area contributed by atoms with Crippen molar-refractivity contribution < 1.29 is 4.79 Å². The third-order valence-electron chi connectivity index (χ3n) is 4.52. The molecular formula is C20H25N3O. The second-order valence-electron chi connectivity index (χ2n) is 6.81. The fourth-order valence-electron chi connectivity index (χ4n) is 3.15. The van der Waals surface area contributed by atoms with Crippen LogP contribution in [-0.2, 0) is 11.2 Å². The zero-order valence-corrected chi connectivity index (χ0v) is 14.5. The molecule has 1 aromatic carbocycles. The average molecular weight is 323 g/mol. The van der Waals surface area contributed by atoms with E-state index in [1.54, 1.807) is 0 Å². The van der Waals surface area contributed by atoms with Crippen molar-refractivity contribution in [2.24, 2.45) is 5.92 Å². The second kappa shape index (κ2) is 7.47. The van der Waals surface area contributed by atoms with Crippen LogP contribution < -0.4 is 10.2 Å².